The molecular weight excluding hydrogens is 176 g/mol. The van der Waals surface area contributed by atoms with Gasteiger partial charge in [0.15, 0.2) is 0 Å². The van der Waals surface area contributed by atoms with E-state index in [9.17, 15) is 4.79 Å². The van der Waals surface area contributed by atoms with Gasteiger partial charge in [-0.3, -0.25) is 9.78 Å². The maximum atomic E-state index is 11.5. The minimum atomic E-state index is -0.0847. The Kier molecular flexibility index (Phi) is 3.40. The summed E-state index contributed by atoms with van der Waals surface area (Å²) in [5.41, 5.74) is 2.41. The highest BCUT2D eigenvalue weighted by atomic mass is 16.1. The minimum Gasteiger partial charge on any atom is -0.348 e. The summed E-state index contributed by atoms with van der Waals surface area (Å²) in [6.45, 7) is 7.96. The van der Waals surface area contributed by atoms with Crippen molar-refractivity contribution in [2.45, 2.75) is 13.8 Å². The number of hydrogen-bond donors (Lipinski definition) is 1. The van der Waals surface area contributed by atoms with Gasteiger partial charge in [-0.25, -0.2) is 0 Å². The van der Waals surface area contributed by atoms with Crippen molar-refractivity contribution in [1.29, 1.82) is 0 Å². The molecule has 1 N–H and O–H groups in total. The number of carbonyl (C=O) groups is 1. The van der Waals surface area contributed by atoms with Crippen LogP contribution in [0.2, 0.25) is 0 Å². The van der Waals surface area contributed by atoms with Crippen LogP contribution >= 0.6 is 0 Å². The average Bonchev–Trinajstić information content (AvgIpc) is 2.14. The van der Waals surface area contributed by atoms with E-state index < -0.39 is 0 Å². The van der Waals surface area contributed by atoms with Crippen LogP contribution in [0.4, 0.5) is 0 Å². The van der Waals surface area contributed by atoms with Gasteiger partial charge in [0.2, 0.25) is 0 Å². The molecule has 0 saturated carbocycles. The first-order valence-electron chi connectivity index (χ1n) is 4.45. The summed E-state index contributed by atoms with van der Waals surface area (Å²) >= 11 is 0. The molecule has 1 heterocycles. The van der Waals surface area contributed by atoms with Gasteiger partial charge in [-0.05, 0) is 26.0 Å². The number of pyridine rings is 1. The van der Waals surface area contributed by atoms with Crippen LogP contribution in [0, 0.1) is 6.92 Å². The molecule has 0 radical (unpaired) electrons. The monoisotopic (exact) mass is 190 g/mol. The van der Waals surface area contributed by atoms with E-state index in [2.05, 4.69) is 16.9 Å². The summed E-state index contributed by atoms with van der Waals surface area (Å²) in [7, 11) is 0. The fourth-order valence-corrected chi connectivity index (χ4v) is 1.02. The average molecular weight is 190 g/mol. The lowest BCUT2D eigenvalue weighted by molar-refractivity contribution is 0.0957. The Morgan fingerprint density at radius 2 is 2.36 bits per heavy atom. The molecule has 0 saturated heterocycles. The lowest BCUT2D eigenvalue weighted by Crippen LogP contribution is -2.24. The maximum Gasteiger partial charge on any atom is 0.251 e. The normalized spacial score (nSPS) is 9.57. The molecule has 1 aromatic heterocycles. The molecule has 1 rings (SSSR count). The number of aromatic nitrogens is 1. The lowest BCUT2D eigenvalue weighted by atomic mass is 10.2. The highest BCUT2D eigenvalue weighted by Gasteiger charge is 2.04. The fraction of sp³-hybridized carbons (Fsp3) is 0.273. The summed E-state index contributed by atoms with van der Waals surface area (Å²) < 4.78 is 0. The first-order valence-corrected chi connectivity index (χ1v) is 4.45. The molecule has 0 aliphatic rings. The molecular formula is C11H14N2O. The van der Waals surface area contributed by atoms with Gasteiger partial charge in [-0.15, -0.1) is 0 Å². The molecule has 1 amide bonds. The molecule has 74 valence electrons. The summed E-state index contributed by atoms with van der Waals surface area (Å²) in [6, 6.07) is 3.45. The maximum absolute atomic E-state index is 11.5. The zero-order valence-corrected chi connectivity index (χ0v) is 8.50. The molecule has 0 spiro atoms. The van der Waals surface area contributed by atoms with Crippen molar-refractivity contribution >= 4 is 5.91 Å². The standard InChI is InChI=1S/C11H14N2O/c1-8(2)7-13-11(14)10-4-5-12-9(3)6-10/h4-6H,1,7H2,2-3H3,(H,13,14). The topological polar surface area (TPSA) is 42.0 Å². The third-order valence-corrected chi connectivity index (χ3v) is 1.71. The van der Waals surface area contributed by atoms with E-state index in [1.165, 1.54) is 0 Å². The third-order valence-electron chi connectivity index (χ3n) is 1.71. The molecule has 1 aromatic rings. The van der Waals surface area contributed by atoms with Gasteiger partial charge < -0.3 is 5.32 Å². The van der Waals surface area contributed by atoms with Crippen molar-refractivity contribution in [3.8, 4) is 0 Å². The van der Waals surface area contributed by atoms with Gasteiger partial charge in [-0.1, -0.05) is 12.2 Å². The van der Waals surface area contributed by atoms with Crippen LogP contribution in [0.25, 0.3) is 0 Å². The van der Waals surface area contributed by atoms with E-state index in [1.807, 2.05) is 13.8 Å². The van der Waals surface area contributed by atoms with Crippen LogP contribution < -0.4 is 5.32 Å². The van der Waals surface area contributed by atoms with Crippen molar-refractivity contribution in [1.82, 2.24) is 10.3 Å². The lowest BCUT2D eigenvalue weighted by Gasteiger charge is -2.04. The Balaban J connectivity index is 2.65. The van der Waals surface area contributed by atoms with Crippen LogP contribution in [-0.4, -0.2) is 17.4 Å². The van der Waals surface area contributed by atoms with Crippen molar-refractivity contribution in [2.24, 2.45) is 0 Å². The summed E-state index contributed by atoms with van der Waals surface area (Å²) in [6.07, 6.45) is 1.63. The first kappa shape index (κ1) is 10.4. The van der Waals surface area contributed by atoms with E-state index in [1.54, 1.807) is 18.3 Å². The van der Waals surface area contributed by atoms with Crippen molar-refractivity contribution in [2.75, 3.05) is 6.54 Å². The highest BCUT2D eigenvalue weighted by Crippen LogP contribution is 2.00. The molecule has 0 aromatic carbocycles. The second kappa shape index (κ2) is 4.56. The first-order chi connectivity index (χ1) is 6.59. The Hall–Kier alpha value is -1.64. The Bertz CT molecular complexity index is 358. The second-order valence-corrected chi connectivity index (χ2v) is 3.33. The Morgan fingerprint density at radius 1 is 1.64 bits per heavy atom. The minimum absolute atomic E-state index is 0.0847. The van der Waals surface area contributed by atoms with Crippen LogP contribution in [-0.2, 0) is 0 Å². The molecule has 0 aliphatic carbocycles. The highest BCUT2D eigenvalue weighted by molar-refractivity contribution is 5.94. The molecule has 3 nitrogen and oxygen atoms in total. The number of aryl methyl sites for hydroxylation is 1. The van der Waals surface area contributed by atoms with Gasteiger partial charge in [-0.2, -0.15) is 0 Å². The molecule has 0 bridgehead atoms. The molecule has 0 fully saturated rings. The second-order valence-electron chi connectivity index (χ2n) is 3.33. The summed E-state index contributed by atoms with van der Waals surface area (Å²) in [5.74, 6) is -0.0847. The summed E-state index contributed by atoms with van der Waals surface area (Å²) in [4.78, 5) is 15.5. The predicted molar refractivity (Wildman–Crippen MR) is 56.1 cm³/mol. The number of nitrogens with one attached hydrogen (secondary N) is 1. The van der Waals surface area contributed by atoms with E-state index in [0.29, 0.717) is 12.1 Å². The van der Waals surface area contributed by atoms with Crippen LogP contribution in [0.1, 0.15) is 23.0 Å². The number of carbonyl (C=O) groups excluding carboxylic acids is 1. The zero-order valence-electron chi connectivity index (χ0n) is 8.50. The molecule has 0 atom stereocenters. The van der Waals surface area contributed by atoms with E-state index in [0.717, 1.165) is 11.3 Å². The van der Waals surface area contributed by atoms with Crippen LogP contribution in [0.3, 0.4) is 0 Å². The van der Waals surface area contributed by atoms with E-state index >= 15 is 0 Å². The van der Waals surface area contributed by atoms with Gasteiger partial charge in [0.25, 0.3) is 5.91 Å². The van der Waals surface area contributed by atoms with Crippen LogP contribution in [0.5, 0.6) is 0 Å². The van der Waals surface area contributed by atoms with Crippen LogP contribution in [0.15, 0.2) is 30.5 Å². The fourth-order valence-electron chi connectivity index (χ4n) is 1.02. The van der Waals surface area contributed by atoms with Gasteiger partial charge >= 0.3 is 0 Å². The Labute approximate surface area is 83.9 Å². The number of amides is 1. The largest absolute Gasteiger partial charge is 0.348 e. The number of nitrogens with zero attached hydrogens (tertiary/aromatic N) is 1. The van der Waals surface area contributed by atoms with Crippen molar-refractivity contribution in [3.05, 3.63) is 41.7 Å². The van der Waals surface area contributed by atoms with Gasteiger partial charge in [0.1, 0.15) is 0 Å². The zero-order chi connectivity index (χ0) is 10.6. The number of rotatable bonds is 3. The molecule has 14 heavy (non-hydrogen) atoms. The Morgan fingerprint density at radius 3 is 2.93 bits per heavy atom. The molecule has 3 heteroatoms. The van der Waals surface area contributed by atoms with E-state index in [-0.39, 0.29) is 5.91 Å². The number of hydrogen-bond acceptors (Lipinski definition) is 2. The smallest absolute Gasteiger partial charge is 0.251 e. The quantitative estimate of drug-likeness (QED) is 0.737. The van der Waals surface area contributed by atoms with Crippen molar-refractivity contribution in [3.63, 3.8) is 0 Å². The third kappa shape index (κ3) is 3.01. The summed E-state index contributed by atoms with van der Waals surface area (Å²) in [5, 5.41) is 2.76. The van der Waals surface area contributed by atoms with Crippen molar-refractivity contribution < 1.29 is 4.79 Å². The molecule has 0 unspecified atom stereocenters. The predicted octanol–water partition coefficient (Wildman–Crippen LogP) is 1.70. The van der Waals surface area contributed by atoms with Gasteiger partial charge in [0, 0.05) is 24.0 Å². The molecule has 0 aliphatic heterocycles. The van der Waals surface area contributed by atoms with Gasteiger partial charge in [0.05, 0.1) is 0 Å². The SMILES string of the molecule is C=C(C)CNC(=O)c1ccnc(C)c1. The van der Waals surface area contributed by atoms with E-state index in [4.69, 9.17) is 0 Å².